The minimum atomic E-state index is -3.25. The quantitative estimate of drug-likeness (QED) is 0.703. The van der Waals surface area contributed by atoms with Gasteiger partial charge in [-0.2, -0.15) is 4.31 Å². The highest BCUT2D eigenvalue weighted by atomic mass is 32.2. The SMILES string of the molecule is C=CS(=O)(=O)N(C1CC1)C(C)C(C)CC. The number of hydrogen-bond donors (Lipinski definition) is 0. The standard InChI is InChI=1S/C11H21NO2S/c1-5-9(3)10(4)12(11-7-8-11)15(13,14)6-2/h6,9-11H,2,5,7-8H2,1,3-4H3. The number of rotatable bonds is 6. The second kappa shape index (κ2) is 4.66. The van der Waals surface area contributed by atoms with Gasteiger partial charge in [0.1, 0.15) is 0 Å². The molecule has 1 aliphatic rings. The molecule has 15 heavy (non-hydrogen) atoms. The summed E-state index contributed by atoms with van der Waals surface area (Å²) in [5, 5.41) is 1.07. The first-order chi connectivity index (χ1) is 6.94. The van der Waals surface area contributed by atoms with Crippen LogP contribution < -0.4 is 0 Å². The number of sulfonamides is 1. The molecule has 0 saturated heterocycles. The van der Waals surface area contributed by atoms with Gasteiger partial charge in [0, 0.05) is 17.5 Å². The van der Waals surface area contributed by atoms with E-state index >= 15 is 0 Å². The van der Waals surface area contributed by atoms with Gasteiger partial charge >= 0.3 is 0 Å². The molecule has 0 N–H and O–H groups in total. The zero-order valence-electron chi connectivity index (χ0n) is 9.81. The third-order valence-electron chi connectivity index (χ3n) is 3.28. The van der Waals surface area contributed by atoms with Gasteiger partial charge in [-0.1, -0.05) is 26.8 Å². The van der Waals surface area contributed by atoms with Crippen molar-refractivity contribution in [3.8, 4) is 0 Å². The molecule has 0 bridgehead atoms. The Morgan fingerprint density at radius 2 is 2.00 bits per heavy atom. The van der Waals surface area contributed by atoms with E-state index in [2.05, 4.69) is 20.4 Å². The number of hydrogen-bond acceptors (Lipinski definition) is 2. The Hall–Kier alpha value is -0.350. The first kappa shape index (κ1) is 12.7. The maximum Gasteiger partial charge on any atom is 0.236 e. The molecule has 2 unspecified atom stereocenters. The topological polar surface area (TPSA) is 37.4 Å². The zero-order valence-corrected chi connectivity index (χ0v) is 10.6. The van der Waals surface area contributed by atoms with Crippen molar-refractivity contribution < 1.29 is 8.42 Å². The van der Waals surface area contributed by atoms with Gasteiger partial charge in [-0.05, 0) is 25.7 Å². The summed E-state index contributed by atoms with van der Waals surface area (Å²) in [4.78, 5) is 0. The molecule has 0 aromatic carbocycles. The van der Waals surface area contributed by atoms with Gasteiger partial charge in [0.25, 0.3) is 0 Å². The van der Waals surface area contributed by atoms with Gasteiger partial charge in [0.15, 0.2) is 0 Å². The van der Waals surface area contributed by atoms with Gasteiger partial charge in [0.05, 0.1) is 0 Å². The Kier molecular flexibility index (Phi) is 3.95. The fourth-order valence-corrected chi connectivity index (χ4v) is 3.25. The predicted octanol–water partition coefficient (Wildman–Crippen LogP) is 2.36. The van der Waals surface area contributed by atoms with Gasteiger partial charge < -0.3 is 0 Å². The highest BCUT2D eigenvalue weighted by Gasteiger charge is 2.40. The van der Waals surface area contributed by atoms with Crippen LogP contribution in [0.3, 0.4) is 0 Å². The summed E-state index contributed by atoms with van der Waals surface area (Å²) < 4.78 is 25.3. The van der Waals surface area contributed by atoms with Crippen molar-refractivity contribution in [3.63, 3.8) is 0 Å². The monoisotopic (exact) mass is 231 g/mol. The van der Waals surface area contributed by atoms with Crippen LogP contribution in [0.4, 0.5) is 0 Å². The van der Waals surface area contributed by atoms with Crippen LogP contribution in [0.1, 0.15) is 40.0 Å². The van der Waals surface area contributed by atoms with E-state index in [9.17, 15) is 8.42 Å². The Morgan fingerprint density at radius 1 is 1.47 bits per heavy atom. The minimum Gasteiger partial charge on any atom is -0.208 e. The highest BCUT2D eigenvalue weighted by Crippen LogP contribution is 2.34. The molecule has 0 spiro atoms. The lowest BCUT2D eigenvalue weighted by molar-refractivity contribution is 0.255. The molecule has 1 fully saturated rings. The molecule has 0 amide bonds. The van der Waals surface area contributed by atoms with Gasteiger partial charge in [-0.25, -0.2) is 8.42 Å². The highest BCUT2D eigenvalue weighted by molar-refractivity contribution is 7.92. The van der Waals surface area contributed by atoms with E-state index in [1.165, 1.54) is 0 Å². The minimum absolute atomic E-state index is 0.0745. The average molecular weight is 231 g/mol. The summed E-state index contributed by atoms with van der Waals surface area (Å²) >= 11 is 0. The van der Waals surface area contributed by atoms with Crippen molar-refractivity contribution >= 4 is 10.0 Å². The molecule has 0 heterocycles. The summed E-state index contributed by atoms with van der Waals surface area (Å²) in [7, 11) is -3.25. The Labute approximate surface area is 93.2 Å². The summed E-state index contributed by atoms with van der Waals surface area (Å²) in [6.45, 7) is 9.58. The van der Waals surface area contributed by atoms with Crippen molar-refractivity contribution in [2.45, 2.75) is 52.1 Å². The molecule has 88 valence electrons. The van der Waals surface area contributed by atoms with Gasteiger partial charge in [-0.15, -0.1) is 0 Å². The fraction of sp³-hybridized carbons (Fsp3) is 0.818. The third kappa shape index (κ3) is 2.82. The van der Waals surface area contributed by atoms with Crippen molar-refractivity contribution in [1.29, 1.82) is 0 Å². The molecule has 0 aromatic heterocycles. The van der Waals surface area contributed by atoms with Crippen LogP contribution in [0, 0.1) is 5.92 Å². The summed E-state index contributed by atoms with van der Waals surface area (Å²) in [6.07, 6.45) is 2.98. The average Bonchev–Trinajstić information content (AvgIpc) is 3.00. The largest absolute Gasteiger partial charge is 0.236 e. The Balaban J connectivity index is 2.87. The van der Waals surface area contributed by atoms with Crippen molar-refractivity contribution in [1.82, 2.24) is 4.31 Å². The molecule has 3 nitrogen and oxygen atoms in total. The summed E-state index contributed by atoms with van der Waals surface area (Å²) in [6, 6.07) is 0.294. The van der Waals surface area contributed by atoms with Crippen LogP contribution in [-0.2, 0) is 10.0 Å². The first-order valence-electron chi connectivity index (χ1n) is 5.60. The third-order valence-corrected chi connectivity index (χ3v) is 4.92. The predicted molar refractivity (Wildman–Crippen MR) is 62.9 cm³/mol. The lowest BCUT2D eigenvalue weighted by Crippen LogP contribution is -2.42. The van der Waals surface area contributed by atoms with Crippen LogP contribution in [0.2, 0.25) is 0 Å². The fourth-order valence-electron chi connectivity index (χ4n) is 1.78. The van der Waals surface area contributed by atoms with Gasteiger partial charge in [0.2, 0.25) is 10.0 Å². The van der Waals surface area contributed by atoms with E-state index in [0.717, 1.165) is 24.7 Å². The van der Waals surface area contributed by atoms with Crippen molar-refractivity contribution in [2.24, 2.45) is 5.92 Å². The van der Waals surface area contributed by atoms with E-state index in [0.29, 0.717) is 5.92 Å². The summed E-state index contributed by atoms with van der Waals surface area (Å²) in [5.74, 6) is 0.389. The molecule has 1 saturated carbocycles. The lowest BCUT2D eigenvalue weighted by Gasteiger charge is -2.30. The van der Waals surface area contributed by atoms with E-state index in [1.54, 1.807) is 4.31 Å². The maximum atomic E-state index is 11.9. The van der Waals surface area contributed by atoms with Crippen LogP contribution in [-0.4, -0.2) is 24.8 Å². The van der Waals surface area contributed by atoms with Crippen LogP contribution in [0.15, 0.2) is 12.0 Å². The maximum absolute atomic E-state index is 11.9. The van der Waals surface area contributed by atoms with E-state index in [-0.39, 0.29) is 12.1 Å². The molecular formula is C11H21NO2S. The zero-order chi connectivity index (χ0) is 11.6. The van der Waals surface area contributed by atoms with Crippen LogP contribution in [0.5, 0.6) is 0 Å². The molecule has 4 heteroatoms. The molecule has 1 aliphatic carbocycles. The second-order valence-corrected chi connectivity index (χ2v) is 6.18. The van der Waals surface area contributed by atoms with E-state index in [4.69, 9.17) is 0 Å². The van der Waals surface area contributed by atoms with Crippen molar-refractivity contribution in [2.75, 3.05) is 0 Å². The molecule has 0 aromatic rings. The molecule has 0 radical (unpaired) electrons. The second-order valence-electron chi connectivity index (χ2n) is 4.40. The van der Waals surface area contributed by atoms with Crippen molar-refractivity contribution in [3.05, 3.63) is 12.0 Å². The van der Waals surface area contributed by atoms with Crippen LogP contribution in [0.25, 0.3) is 0 Å². The molecule has 1 rings (SSSR count). The van der Waals surface area contributed by atoms with E-state index < -0.39 is 10.0 Å². The molecule has 0 aliphatic heterocycles. The first-order valence-corrected chi connectivity index (χ1v) is 7.10. The smallest absolute Gasteiger partial charge is 0.208 e. The Morgan fingerprint density at radius 3 is 2.33 bits per heavy atom. The molecule has 2 atom stereocenters. The number of nitrogens with zero attached hydrogens (tertiary/aromatic N) is 1. The normalized spacial score (nSPS) is 21.3. The van der Waals surface area contributed by atoms with E-state index in [1.807, 2.05) is 6.92 Å². The van der Waals surface area contributed by atoms with Crippen LogP contribution >= 0.6 is 0 Å². The Bertz CT molecular complexity index is 319. The summed E-state index contributed by atoms with van der Waals surface area (Å²) in [5.41, 5.74) is 0. The molecular weight excluding hydrogens is 210 g/mol. The lowest BCUT2D eigenvalue weighted by atomic mass is 10.0. The van der Waals surface area contributed by atoms with Gasteiger partial charge in [-0.3, -0.25) is 0 Å².